The quantitative estimate of drug-likeness (QED) is 0.679. The van der Waals surface area contributed by atoms with Crippen LogP contribution in [0.4, 0.5) is 17.1 Å². The van der Waals surface area contributed by atoms with Gasteiger partial charge in [0.2, 0.25) is 11.8 Å². The molecule has 1 fully saturated rings. The largest absolute Gasteiger partial charge is 0.378 e. The maximum Gasteiger partial charge on any atom is 0.241 e. The van der Waals surface area contributed by atoms with E-state index in [1.165, 1.54) is 11.8 Å². The molecule has 1 saturated heterocycles. The molecule has 2 atom stereocenters. The average Bonchev–Trinajstić information content (AvgIpc) is 3.22. The summed E-state index contributed by atoms with van der Waals surface area (Å²) in [7, 11) is 3.93. The van der Waals surface area contributed by atoms with Crippen molar-refractivity contribution in [3.8, 4) is 0 Å². The van der Waals surface area contributed by atoms with E-state index in [0.717, 1.165) is 17.1 Å². The van der Waals surface area contributed by atoms with Gasteiger partial charge in [-0.1, -0.05) is 30.0 Å². The summed E-state index contributed by atoms with van der Waals surface area (Å²) < 4.78 is 0. The highest BCUT2D eigenvalue weighted by atomic mass is 32.2. The van der Waals surface area contributed by atoms with Crippen LogP contribution in [0.2, 0.25) is 0 Å². The highest BCUT2D eigenvalue weighted by Gasteiger charge is 2.42. The number of hydrogen-bond acceptors (Lipinski definition) is 7. The van der Waals surface area contributed by atoms with Gasteiger partial charge in [-0.25, -0.2) is 10.4 Å². The van der Waals surface area contributed by atoms with E-state index in [0.29, 0.717) is 11.7 Å². The van der Waals surface area contributed by atoms with Gasteiger partial charge in [-0.05, 0) is 36.4 Å². The van der Waals surface area contributed by atoms with Gasteiger partial charge in [0.1, 0.15) is 6.17 Å². The number of carbonyl (C=O) groups excluding carboxylic acids is 2. The molecule has 2 heterocycles. The molecule has 0 spiro atoms. The molecule has 0 radical (unpaired) electrons. The number of carbonyl (C=O) groups is 2. The Morgan fingerprint density at radius 3 is 2.63 bits per heavy atom. The van der Waals surface area contributed by atoms with Crippen LogP contribution in [0.15, 0.2) is 59.6 Å². The molecule has 2 aromatic rings. The van der Waals surface area contributed by atoms with E-state index >= 15 is 0 Å². The van der Waals surface area contributed by atoms with E-state index < -0.39 is 0 Å². The molecule has 2 aliphatic heterocycles. The van der Waals surface area contributed by atoms with Gasteiger partial charge in [-0.15, -0.1) is 0 Å². The molecule has 156 valence electrons. The number of amides is 2. The second-order valence-corrected chi connectivity index (χ2v) is 8.22. The van der Waals surface area contributed by atoms with Crippen LogP contribution < -0.4 is 26.0 Å². The number of aliphatic imine (C=N–C) groups is 1. The SMILES string of the molecule is CN(C)c1ccc(NC(=O)CSC2=NC3NNCC3C(=O)N2c2ccccc2)cc1. The van der Waals surface area contributed by atoms with E-state index in [9.17, 15) is 9.59 Å². The number of fused-ring (bicyclic) bond motifs is 1. The Morgan fingerprint density at radius 1 is 1.20 bits per heavy atom. The van der Waals surface area contributed by atoms with E-state index in [4.69, 9.17) is 0 Å². The molecule has 0 aliphatic carbocycles. The Labute approximate surface area is 179 Å². The summed E-state index contributed by atoms with van der Waals surface area (Å²) in [6.07, 6.45) is -0.318. The minimum Gasteiger partial charge on any atom is -0.378 e. The van der Waals surface area contributed by atoms with E-state index in [2.05, 4.69) is 21.2 Å². The maximum atomic E-state index is 13.1. The third-order valence-electron chi connectivity index (χ3n) is 4.95. The molecule has 8 nitrogen and oxygen atoms in total. The smallest absolute Gasteiger partial charge is 0.241 e. The van der Waals surface area contributed by atoms with Crippen LogP contribution in [-0.2, 0) is 9.59 Å². The lowest BCUT2D eigenvalue weighted by Crippen LogP contribution is -2.49. The van der Waals surface area contributed by atoms with E-state index in [1.54, 1.807) is 4.90 Å². The Morgan fingerprint density at radius 2 is 1.93 bits per heavy atom. The monoisotopic (exact) mass is 424 g/mol. The summed E-state index contributed by atoms with van der Waals surface area (Å²) in [4.78, 5) is 33.9. The lowest BCUT2D eigenvalue weighted by Gasteiger charge is -2.32. The Hall–Kier alpha value is -2.88. The zero-order valence-electron chi connectivity index (χ0n) is 16.8. The fraction of sp³-hybridized carbons (Fsp3) is 0.286. The second-order valence-electron chi connectivity index (χ2n) is 7.28. The molecule has 0 aromatic heterocycles. The van der Waals surface area contributed by atoms with Gasteiger partial charge in [0, 0.05) is 32.0 Å². The Kier molecular flexibility index (Phi) is 6.03. The van der Waals surface area contributed by atoms with Crippen molar-refractivity contribution in [1.29, 1.82) is 0 Å². The van der Waals surface area contributed by atoms with Crippen molar-refractivity contribution in [2.75, 3.05) is 41.5 Å². The predicted molar refractivity (Wildman–Crippen MR) is 122 cm³/mol. The standard InChI is InChI=1S/C21H24N6O2S/c1-26(2)15-10-8-14(9-11-15)23-18(28)13-30-21-24-19-17(12-22-25-19)20(29)27(21)16-6-4-3-5-7-16/h3-11,17,19,22,25H,12-13H2,1-2H3,(H,23,28). The van der Waals surface area contributed by atoms with Crippen LogP contribution in [0.3, 0.4) is 0 Å². The molecular weight excluding hydrogens is 400 g/mol. The first-order valence-corrected chi connectivity index (χ1v) is 10.7. The normalized spacial score (nSPS) is 20.5. The van der Waals surface area contributed by atoms with Crippen LogP contribution in [0.5, 0.6) is 0 Å². The molecule has 0 bridgehead atoms. The molecule has 2 unspecified atom stereocenters. The van der Waals surface area contributed by atoms with Gasteiger partial charge in [-0.3, -0.25) is 19.9 Å². The van der Waals surface area contributed by atoms with Crippen molar-refractivity contribution in [3.05, 3.63) is 54.6 Å². The minimum absolute atomic E-state index is 0.0270. The van der Waals surface area contributed by atoms with E-state index in [1.807, 2.05) is 73.6 Å². The van der Waals surface area contributed by atoms with Crippen molar-refractivity contribution >= 4 is 45.8 Å². The summed E-state index contributed by atoms with van der Waals surface area (Å²) in [5.74, 6) is -0.296. The molecule has 3 N–H and O–H groups in total. The molecular formula is C21H24N6O2S. The summed E-state index contributed by atoms with van der Waals surface area (Å²) in [6.45, 7) is 0.526. The number of benzene rings is 2. The Bertz CT molecular complexity index is 948. The van der Waals surface area contributed by atoms with Gasteiger partial charge in [0.25, 0.3) is 0 Å². The highest BCUT2D eigenvalue weighted by molar-refractivity contribution is 8.14. The van der Waals surface area contributed by atoms with Crippen molar-refractivity contribution in [1.82, 2.24) is 10.9 Å². The molecule has 2 amide bonds. The van der Waals surface area contributed by atoms with Crippen molar-refractivity contribution < 1.29 is 9.59 Å². The number of amidine groups is 1. The fourth-order valence-electron chi connectivity index (χ4n) is 3.35. The first-order chi connectivity index (χ1) is 14.5. The van der Waals surface area contributed by atoms with Crippen LogP contribution in [-0.4, -0.2) is 49.5 Å². The maximum absolute atomic E-state index is 13.1. The van der Waals surface area contributed by atoms with Crippen molar-refractivity contribution in [2.45, 2.75) is 6.17 Å². The molecule has 0 saturated carbocycles. The summed E-state index contributed by atoms with van der Waals surface area (Å²) in [5.41, 5.74) is 8.57. The van der Waals surface area contributed by atoms with Gasteiger partial charge < -0.3 is 10.2 Å². The number of hydrogen-bond donors (Lipinski definition) is 3. The zero-order valence-corrected chi connectivity index (χ0v) is 17.6. The van der Waals surface area contributed by atoms with Crippen LogP contribution in [0.25, 0.3) is 0 Å². The van der Waals surface area contributed by atoms with Crippen LogP contribution >= 0.6 is 11.8 Å². The highest BCUT2D eigenvalue weighted by Crippen LogP contribution is 2.29. The number of para-hydroxylation sites is 1. The third kappa shape index (κ3) is 4.33. The number of nitrogens with zero attached hydrogens (tertiary/aromatic N) is 3. The first-order valence-electron chi connectivity index (χ1n) is 9.68. The number of nitrogens with one attached hydrogen (secondary N) is 3. The number of rotatable bonds is 5. The summed E-state index contributed by atoms with van der Waals surface area (Å²) in [6, 6.07) is 17.0. The Balaban J connectivity index is 1.46. The molecule has 2 aliphatic rings. The number of thioether (sulfide) groups is 1. The third-order valence-corrected chi connectivity index (χ3v) is 5.90. The van der Waals surface area contributed by atoms with Gasteiger partial charge in [-0.2, -0.15) is 0 Å². The van der Waals surface area contributed by atoms with Gasteiger partial charge in [0.15, 0.2) is 5.17 Å². The average molecular weight is 425 g/mol. The molecule has 4 rings (SSSR count). The van der Waals surface area contributed by atoms with Gasteiger partial charge >= 0.3 is 0 Å². The topological polar surface area (TPSA) is 89.1 Å². The molecule has 2 aromatic carbocycles. The number of anilines is 3. The van der Waals surface area contributed by atoms with E-state index in [-0.39, 0.29) is 29.7 Å². The molecule has 30 heavy (non-hydrogen) atoms. The number of hydrazine groups is 1. The van der Waals surface area contributed by atoms with Gasteiger partial charge in [0.05, 0.1) is 17.4 Å². The predicted octanol–water partition coefficient (Wildman–Crippen LogP) is 1.88. The molecule has 9 heteroatoms. The summed E-state index contributed by atoms with van der Waals surface area (Å²) >= 11 is 1.26. The van der Waals surface area contributed by atoms with Crippen LogP contribution in [0, 0.1) is 5.92 Å². The summed E-state index contributed by atoms with van der Waals surface area (Å²) in [5, 5.41) is 3.41. The lowest BCUT2D eigenvalue weighted by molar-refractivity contribution is -0.121. The zero-order chi connectivity index (χ0) is 21.1. The fourth-order valence-corrected chi connectivity index (χ4v) is 4.20. The first kappa shape index (κ1) is 20.4. The second kappa shape index (κ2) is 8.86. The van der Waals surface area contributed by atoms with Crippen LogP contribution in [0.1, 0.15) is 0 Å². The van der Waals surface area contributed by atoms with Crippen molar-refractivity contribution in [3.63, 3.8) is 0 Å². The lowest BCUT2D eigenvalue weighted by atomic mass is 10.1. The minimum atomic E-state index is -0.318. The van der Waals surface area contributed by atoms with Crippen molar-refractivity contribution in [2.24, 2.45) is 10.9 Å².